The lowest BCUT2D eigenvalue weighted by Gasteiger charge is -2.14. The molecular formula is C10H18N4O5. The Balaban J connectivity index is 4.05. The largest absolute Gasteiger partial charge is 0.480 e. The zero-order chi connectivity index (χ0) is 15.0. The van der Waals surface area contributed by atoms with Crippen LogP contribution in [0.15, 0.2) is 0 Å². The summed E-state index contributed by atoms with van der Waals surface area (Å²) in [7, 11) is 0. The van der Waals surface area contributed by atoms with Gasteiger partial charge >= 0.3 is 5.97 Å². The van der Waals surface area contributed by atoms with Crippen molar-refractivity contribution >= 4 is 23.7 Å². The van der Waals surface area contributed by atoms with E-state index >= 15 is 0 Å². The summed E-state index contributed by atoms with van der Waals surface area (Å²) in [4.78, 5) is 44.1. The lowest BCUT2D eigenvalue weighted by molar-refractivity contribution is -0.141. The topological polar surface area (TPSA) is 151 Å². The molecule has 0 aromatic heterocycles. The number of nitrogens with two attached hydrogens (primary N) is 1. The van der Waals surface area contributed by atoms with Gasteiger partial charge in [0.05, 0.1) is 13.1 Å². The van der Waals surface area contributed by atoms with E-state index in [1.807, 2.05) is 0 Å². The van der Waals surface area contributed by atoms with Gasteiger partial charge in [0.25, 0.3) is 0 Å². The van der Waals surface area contributed by atoms with Crippen molar-refractivity contribution in [3.63, 3.8) is 0 Å². The summed E-state index contributed by atoms with van der Waals surface area (Å²) < 4.78 is 0. The molecule has 0 spiro atoms. The van der Waals surface area contributed by atoms with E-state index in [-0.39, 0.29) is 13.1 Å². The molecule has 9 heteroatoms. The number of carboxylic acids is 1. The SMILES string of the molecule is CC(NC(=O)CNC(=O)C(C)NC(=O)CN)C(=O)O. The predicted molar refractivity (Wildman–Crippen MR) is 64.9 cm³/mol. The fourth-order valence-corrected chi connectivity index (χ4v) is 1.04. The van der Waals surface area contributed by atoms with E-state index in [0.717, 1.165) is 0 Å². The van der Waals surface area contributed by atoms with Crippen LogP contribution in [0.4, 0.5) is 0 Å². The number of hydrogen-bond acceptors (Lipinski definition) is 5. The van der Waals surface area contributed by atoms with Crippen LogP contribution in [-0.2, 0) is 19.2 Å². The first-order valence-corrected chi connectivity index (χ1v) is 5.57. The standard InChI is InChI=1S/C10H18N4O5/c1-5(13-7(15)3-11)9(17)12-4-8(16)14-6(2)10(18)19/h5-6H,3-4,11H2,1-2H3,(H,12,17)(H,13,15)(H,14,16)(H,18,19). The van der Waals surface area contributed by atoms with Crippen LogP contribution >= 0.6 is 0 Å². The molecule has 108 valence electrons. The molecule has 2 unspecified atom stereocenters. The van der Waals surface area contributed by atoms with E-state index < -0.39 is 35.8 Å². The van der Waals surface area contributed by atoms with Crippen molar-refractivity contribution in [2.45, 2.75) is 25.9 Å². The quantitative estimate of drug-likeness (QED) is 0.337. The smallest absolute Gasteiger partial charge is 0.325 e. The third-order valence-electron chi connectivity index (χ3n) is 2.13. The normalized spacial score (nSPS) is 13.0. The molecule has 0 aromatic carbocycles. The number of aliphatic carboxylic acids is 1. The fraction of sp³-hybridized carbons (Fsp3) is 0.600. The second-order valence-electron chi connectivity index (χ2n) is 3.84. The number of carbonyl (C=O) groups excluding carboxylic acids is 3. The highest BCUT2D eigenvalue weighted by atomic mass is 16.4. The summed E-state index contributed by atoms with van der Waals surface area (Å²) >= 11 is 0. The van der Waals surface area contributed by atoms with Crippen molar-refractivity contribution in [3.8, 4) is 0 Å². The van der Waals surface area contributed by atoms with Crippen molar-refractivity contribution in [1.82, 2.24) is 16.0 Å². The van der Waals surface area contributed by atoms with Gasteiger partial charge in [-0.15, -0.1) is 0 Å². The minimum atomic E-state index is -1.18. The Labute approximate surface area is 109 Å². The lowest BCUT2D eigenvalue weighted by atomic mass is 10.3. The molecule has 0 fully saturated rings. The Morgan fingerprint density at radius 3 is 2.05 bits per heavy atom. The van der Waals surface area contributed by atoms with E-state index in [4.69, 9.17) is 10.8 Å². The Morgan fingerprint density at radius 1 is 1.05 bits per heavy atom. The van der Waals surface area contributed by atoms with Gasteiger partial charge in [0.1, 0.15) is 12.1 Å². The molecule has 3 amide bonds. The Bertz CT molecular complexity index is 371. The minimum absolute atomic E-state index is 0.242. The highest BCUT2D eigenvalue weighted by Gasteiger charge is 2.17. The number of amides is 3. The van der Waals surface area contributed by atoms with Crippen LogP contribution in [0, 0.1) is 0 Å². The van der Waals surface area contributed by atoms with Gasteiger partial charge in [-0.2, -0.15) is 0 Å². The van der Waals surface area contributed by atoms with Crippen molar-refractivity contribution in [1.29, 1.82) is 0 Å². The zero-order valence-corrected chi connectivity index (χ0v) is 10.7. The lowest BCUT2D eigenvalue weighted by Crippen LogP contribution is -2.50. The van der Waals surface area contributed by atoms with Gasteiger partial charge in [0, 0.05) is 0 Å². The van der Waals surface area contributed by atoms with Gasteiger partial charge in [0.2, 0.25) is 17.7 Å². The summed E-state index contributed by atoms with van der Waals surface area (Å²) in [5.74, 6) is -2.88. The van der Waals surface area contributed by atoms with Gasteiger partial charge in [-0.25, -0.2) is 0 Å². The molecule has 0 rings (SSSR count). The zero-order valence-electron chi connectivity index (χ0n) is 10.7. The van der Waals surface area contributed by atoms with Gasteiger partial charge in [-0.1, -0.05) is 0 Å². The molecule has 0 aromatic rings. The number of hydrogen-bond donors (Lipinski definition) is 5. The summed E-state index contributed by atoms with van der Waals surface area (Å²) in [6.07, 6.45) is 0. The second kappa shape index (κ2) is 8.03. The van der Waals surface area contributed by atoms with E-state index in [9.17, 15) is 19.2 Å². The Morgan fingerprint density at radius 2 is 1.58 bits per heavy atom. The molecule has 0 aliphatic heterocycles. The predicted octanol–water partition coefficient (Wildman–Crippen LogP) is -2.84. The molecule has 0 radical (unpaired) electrons. The Hall–Kier alpha value is -2.16. The monoisotopic (exact) mass is 274 g/mol. The maximum absolute atomic E-state index is 11.5. The highest BCUT2D eigenvalue weighted by Crippen LogP contribution is 1.83. The maximum Gasteiger partial charge on any atom is 0.325 e. The van der Waals surface area contributed by atoms with Gasteiger partial charge in [0.15, 0.2) is 0 Å². The van der Waals surface area contributed by atoms with Crippen molar-refractivity contribution in [2.75, 3.05) is 13.1 Å². The number of rotatable bonds is 7. The van der Waals surface area contributed by atoms with Gasteiger partial charge in [-0.3, -0.25) is 19.2 Å². The van der Waals surface area contributed by atoms with Crippen molar-refractivity contribution in [3.05, 3.63) is 0 Å². The molecule has 19 heavy (non-hydrogen) atoms. The molecule has 6 N–H and O–H groups in total. The molecule has 0 saturated carbocycles. The number of nitrogens with one attached hydrogen (secondary N) is 3. The summed E-state index contributed by atoms with van der Waals surface area (Å²) in [6.45, 7) is 2.11. The van der Waals surface area contributed by atoms with E-state index in [2.05, 4.69) is 16.0 Å². The summed E-state index contributed by atoms with van der Waals surface area (Å²) in [5, 5.41) is 15.3. The highest BCUT2D eigenvalue weighted by molar-refractivity contribution is 5.91. The van der Waals surface area contributed by atoms with Crippen LogP contribution in [0.25, 0.3) is 0 Å². The van der Waals surface area contributed by atoms with E-state index in [0.29, 0.717) is 0 Å². The average molecular weight is 274 g/mol. The van der Waals surface area contributed by atoms with Crippen molar-refractivity contribution < 1.29 is 24.3 Å². The molecule has 0 aliphatic rings. The van der Waals surface area contributed by atoms with Crippen LogP contribution in [0.1, 0.15) is 13.8 Å². The third-order valence-corrected chi connectivity index (χ3v) is 2.13. The van der Waals surface area contributed by atoms with Gasteiger partial charge in [-0.05, 0) is 13.8 Å². The summed E-state index contributed by atoms with van der Waals surface area (Å²) in [5.41, 5.74) is 5.06. The van der Waals surface area contributed by atoms with Crippen LogP contribution in [0.5, 0.6) is 0 Å². The second-order valence-corrected chi connectivity index (χ2v) is 3.84. The molecule has 9 nitrogen and oxygen atoms in total. The average Bonchev–Trinajstić information content (AvgIpc) is 2.35. The Kier molecular flexibility index (Phi) is 7.12. The van der Waals surface area contributed by atoms with E-state index in [1.165, 1.54) is 13.8 Å². The molecule has 0 saturated heterocycles. The maximum atomic E-state index is 11.5. The molecular weight excluding hydrogens is 256 g/mol. The first kappa shape index (κ1) is 16.8. The van der Waals surface area contributed by atoms with Crippen molar-refractivity contribution in [2.24, 2.45) is 5.73 Å². The molecule has 0 aliphatic carbocycles. The van der Waals surface area contributed by atoms with Crippen LogP contribution in [-0.4, -0.2) is 54.0 Å². The van der Waals surface area contributed by atoms with Crippen LogP contribution in [0.2, 0.25) is 0 Å². The van der Waals surface area contributed by atoms with Crippen LogP contribution < -0.4 is 21.7 Å². The first-order chi connectivity index (χ1) is 8.77. The molecule has 0 bridgehead atoms. The van der Waals surface area contributed by atoms with Gasteiger partial charge < -0.3 is 26.8 Å². The molecule has 0 heterocycles. The molecule has 2 atom stereocenters. The number of carbonyl (C=O) groups is 4. The number of carboxylic acid groups (broad SMARTS) is 1. The van der Waals surface area contributed by atoms with Crippen LogP contribution in [0.3, 0.4) is 0 Å². The summed E-state index contributed by atoms with van der Waals surface area (Å²) in [6, 6.07) is -1.88. The third kappa shape index (κ3) is 6.99. The fourth-order valence-electron chi connectivity index (χ4n) is 1.04. The van der Waals surface area contributed by atoms with E-state index in [1.54, 1.807) is 0 Å². The first-order valence-electron chi connectivity index (χ1n) is 5.57. The minimum Gasteiger partial charge on any atom is -0.480 e.